The predicted molar refractivity (Wildman–Crippen MR) is 149 cm³/mol. The highest BCUT2D eigenvalue weighted by Crippen LogP contribution is 2.28. The van der Waals surface area contributed by atoms with E-state index in [-0.39, 0.29) is 17.2 Å². The summed E-state index contributed by atoms with van der Waals surface area (Å²) in [5.74, 6) is 0.628. The van der Waals surface area contributed by atoms with Gasteiger partial charge in [-0.25, -0.2) is 9.78 Å². The maximum absolute atomic E-state index is 13.3. The molecule has 1 amide bonds. The van der Waals surface area contributed by atoms with Gasteiger partial charge in [0.1, 0.15) is 4.70 Å². The van der Waals surface area contributed by atoms with Crippen LogP contribution >= 0.6 is 23.1 Å². The van der Waals surface area contributed by atoms with Gasteiger partial charge in [0.25, 0.3) is 5.56 Å². The van der Waals surface area contributed by atoms with Crippen molar-refractivity contribution in [3.8, 4) is 11.5 Å². The molecule has 0 bridgehead atoms. The van der Waals surface area contributed by atoms with E-state index in [1.54, 1.807) is 56.0 Å². The summed E-state index contributed by atoms with van der Waals surface area (Å²) >= 11 is 2.54. The van der Waals surface area contributed by atoms with Crippen LogP contribution in [0.2, 0.25) is 0 Å². The Morgan fingerprint density at radius 3 is 2.53 bits per heavy atom. The number of anilines is 1. The van der Waals surface area contributed by atoms with Crippen LogP contribution in [0.4, 0.5) is 5.69 Å². The van der Waals surface area contributed by atoms with E-state index >= 15 is 0 Å². The van der Waals surface area contributed by atoms with Crippen molar-refractivity contribution in [2.45, 2.75) is 25.0 Å². The number of aryl methyl sites for hydroxylation is 1. The van der Waals surface area contributed by atoms with E-state index in [1.165, 1.54) is 23.1 Å². The van der Waals surface area contributed by atoms with Crippen LogP contribution in [0.15, 0.2) is 63.9 Å². The van der Waals surface area contributed by atoms with Crippen molar-refractivity contribution in [1.29, 1.82) is 0 Å². The smallest absolute Gasteiger partial charge is 0.338 e. The first-order chi connectivity index (χ1) is 18.4. The molecule has 4 rings (SSSR count). The van der Waals surface area contributed by atoms with E-state index in [0.717, 1.165) is 5.56 Å². The third kappa shape index (κ3) is 6.35. The van der Waals surface area contributed by atoms with Gasteiger partial charge in [-0.1, -0.05) is 17.8 Å². The Morgan fingerprint density at radius 2 is 1.82 bits per heavy atom. The van der Waals surface area contributed by atoms with Crippen molar-refractivity contribution in [3.05, 3.63) is 75.4 Å². The number of ether oxygens (including phenoxy) is 3. The van der Waals surface area contributed by atoms with Crippen LogP contribution < -0.4 is 20.3 Å². The lowest BCUT2D eigenvalue weighted by molar-refractivity contribution is -0.113. The molecule has 4 aromatic rings. The highest BCUT2D eigenvalue weighted by molar-refractivity contribution is 7.99. The van der Waals surface area contributed by atoms with E-state index in [2.05, 4.69) is 10.3 Å². The number of thioether (sulfide) groups is 1. The molecule has 0 aliphatic rings. The van der Waals surface area contributed by atoms with Gasteiger partial charge in [0.2, 0.25) is 5.91 Å². The lowest BCUT2D eigenvalue weighted by atomic mass is 10.1. The molecule has 11 heteroatoms. The van der Waals surface area contributed by atoms with Crippen molar-refractivity contribution in [2.75, 3.05) is 31.9 Å². The molecule has 0 aliphatic carbocycles. The van der Waals surface area contributed by atoms with Crippen molar-refractivity contribution in [1.82, 2.24) is 9.55 Å². The second-order valence-electron chi connectivity index (χ2n) is 8.06. The highest BCUT2D eigenvalue weighted by atomic mass is 32.2. The van der Waals surface area contributed by atoms with Crippen molar-refractivity contribution in [3.63, 3.8) is 0 Å². The molecular weight excluding hydrogens is 526 g/mol. The summed E-state index contributed by atoms with van der Waals surface area (Å²) < 4.78 is 17.9. The van der Waals surface area contributed by atoms with Gasteiger partial charge in [0.05, 0.1) is 37.7 Å². The summed E-state index contributed by atoms with van der Waals surface area (Å²) in [6.45, 7) is 2.42. The minimum Gasteiger partial charge on any atom is -0.493 e. The number of thiophene rings is 1. The minimum absolute atomic E-state index is 0.0536. The quantitative estimate of drug-likeness (QED) is 0.163. The molecular formula is C27H27N3O6S2. The molecule has 0 aliphatic heterocycles. The van der Waals surface area contributed by atoms with Gasteiger partial charge in [-0.3, -0.25) is 14.2 Å². The molecule has 198 valence electrons. The molecule has 0 saturated heterocycles. The number of carbonyl (C=O) groups excluding carboxylic acids is 2. The fourth-order valence-electron chi connectivity index (χ4n) is 3.74. The average molecular weight is 554 g/mol. The maximum atomic E-state index is 13.3. The topological polar surface area (TPSA) is 109 Å². The number of esters is 1. The fraction of sp³-hybridized carbons (Fsp3) is 0.259. The normalized spacial score (nSPS) is 10.8. The minimum atomic E-state index is -0.415. The van der Waals surface area contributed by atoms with Gasteiger partial charge in [-0.05, 0) is 66.8 Å². The Kier molecular flexibility index (Phi) is 9.03. The molecule has 2 aromatic heterocycles. The summed E-state index contributed by atoms with van der Waals surface area (Å²) in [4.78, 5) is 42.4. The Morgan fingerprint density at radius 1 is 1.05 bits per heavy atom. The number of nitrogens with zero attached hydrogens (tertiary/aromatic N) is 2. The fourth-order valence-corrected chi connectivity index (χ4v) is 5.34. The zero-order valence-electron chi connectivity index (χ0n) is 21.2. The van der Waals surface area contributed by atoms with Gasteiger partial charge in [0.15, 0.2) is 16.7 Å². The molecule has 9 nitrogen and oxygen atoms in total. The standard InChI is InChI=1S/C27H27N3O6S2/c1-4-36-26(33)18-6-8-19(9-7-18)28-23(31)16-38-27-29-20-12-14-37-24(20)25(32)30(27)13-11-17-5-10-21(34-2)22(15-17)35-3/h5-10,12,14-15H,4,11,13,16H2,1-3H3,(H,28,31). The van der Waals surface area contributed by atoms with Crippen LogP contribution in [0.1, 0.15) is 22.8 Å². The van der Waals surface area contributed by atoms with Crippen molar-refractivity contribution in [2.24, 2.45) is 0 Å². The summed E-state index contributed by atoms with van der Waals surface area (Å²) in [5, 5.41) is 5.11. The number of nitrogens with one attached hydrogen (secondary N) is 1. The SMILES string of the molecule is CCOC(=O)c1ccc(NC(=O)CSc2nc3ccsc3c(=O)n2CCc2ccc(OC)c(OC)c2)cc1. The number of aromatic nitrogens is 2. The summed E-state index contributed by atoms with van der Waals surface area (Å²) in [5.41, 5.74) is 2.41. The van der Waals surface area contributed by atoms with E-state index in [9.17, 15) is 14.4 Å². The molecule has 0 atom stereocenters. The van der Waals surface area contributed by atoms with Crippen LogP contribution in [0, 0.1) is 0 Å². The van der Waals surface area contributed by atoms with Crippen molar-refractivity contribution < 1.29 is 23.8 Å². The van der Waals surface area contributed by atoms with Crippen LogP contribution in [0.25, 0.3) is 10.2 Å². The van der Waals surface area contributed by atoms with E-state index < -0.39 is 5.97 Å². The lowest BCUT2D eigenvalue weighted by Crippen LogP contribution is -2.24. The van der Waals surface area contributed by atoms with E-state index in [1.807, 2.05) is 23.6 Å². The van der Waals surface area contributed by atoms with Crippen LogP contribution in [0.5, 0.6) is 11.5 Å². The lowest BCUT2D eigenvalue weighted by Gasteiger charge is -2.13. The average Bonchev–Trinajstić information content (AvgIpc) is 3.41. The highest BCUT2D eigenvalue weighted by Gasteiger charge is 2.15. The Bertz CT molecular complexity index is 1500. The van der Waals surface area contributed by atoms with E-state index in [4.69, 9.17) is 14.2 Å². The Labute approximate surface area is 227 Å². The second kappa shape index (κ2) is 12.6. The first kappa shape index (κ1) is 27.2. The van der Waals surface area contributed by atoms with Gasteiger partial charge >= 0.3 is 5.97 Å². The molecule has 2 heterocycles. The van der Waals surface area contributed by atoms with E-state index in [0.29, 0.717) is 57.7 Å². The molecule has 1 N–H and O–H groups in total. The zero-order chi connectivity index (χ0) is 27.1. The molecule has 0 fully saturated rings. The largest absolute Gasteiger partial charge is 0.493 e. The number of benzene rings is 2. The number of hydrogen-bond donors (Lipinski definition) is 1. The molecule has 0 spiro atoms. The van der Waals surface area contributed by atoms with Crippen LogP contribution in [0.3, 0.4) is 0 Å². The maximum Gasteiger partial charge on any atom is 0.338 e. The summed E-state index contributed by atoms with van der Waals surface area (Å²) in [7, 11) is 3.16. The Balaban J connectivity index is 1.47. The predicted octanol–water partition coefficient (Wildman–Crippen LogP) is 4.63. The van der Waals surface area contributed by atoms with Gasteiger partial charge in [-0.2, -0.15) is 0 Å². The molecule has 2 aromatic carbocycles. The second-order valence-corrected chi connectivity index (χ2v) is 9.92. The number of amides is 1. The molecule has 0 radical (unpaired) electrons. The molecule has 38 heavy (non-hydrogen) atoms. The number of fused-ring (bicyclic) bond motifs is 1. The third-order valence-corrected chi connectivity index (χ3v) is 7.48. The summed E-state index contributed by atoms with van der Waals surface area (Å²) in [6, 6.07) is 13.9. The Hall–Kier alpha value is -3.83. The monoisotopic (exact) mass is 553 g/mol. The molecule has 0 saturated carbocycles. The number of hydrogen-bond acceptors (Lipinski definition) is 9. The number of methoxy groups -OCH3 is 2. The molecule has 0 unspecified atom stereocenters. The van der Waals surface area contributed by atoms with Gasteiger partial charge in [-0.15, -0.1) is 11.3 Å². The number of carbonyl (C=O) groups is 2. The van der Waals surface area contributed by atoms with Gasteiger partial charge < -0.3 is 19.5 Å². The van der Waals surface area contributed by atoms with Crippen molar-refractivity contribution >= 4 is 50.9 Å². The summed E-state index contributed by atoms with van der Waals surface area (Å²) in [6.07, 6.45) is 0.561. The van der Waals surface area contributed by atoms with Gasteiger partial charge in [0, 0.05) is 12.2 Å². The third-order valence-electron chi connectivity index (χ3n) is 5.62. The number of rotatable bonds is 11. The first-order valence-corrected chi connectivity index (χ1v) is 13.7. The first-order valence-electron chi connectivity index (χ1n) is 11.8. The zero-order valence-corrected chi connectivity index (χ0v) is 22.8. The van der Waals surface area contributed by atoms with Crippen LogP contribution in [-0.4, -0.2) is 48.0 Å². The van der Waals surface area contributed by atoms with Crippen LogP contribution in [-0.2, 0) is 22.5 Å².